The Hall–Kier alpha value is -9.51. The molecule has 0 amide bonds. The fourth-order valence-electron chi connectivity index (χ4n) is 12.3. The monoisotopic (exact) mass is 1990 g/mol. The van der Waals surface area contributed by atoms with Crippen LogP contribution in [0.25, 0.3) is 0 Å². The molecule has 12 rings (SSSR count). The second kappa shape index (κ2) is 64.4. The molecule has 1 aliphatic heterocycles. The average molecular weight is 2000 g/mol. The quantitative estimate of drug-likeness (QED) is 0.160. The highest BCUT2D eigenvalue weighted by atomic mass is 32.1. The van der Waals surface area contributed by atoms with E-state index in [2.05, 4.69) is 284 Å². The van der Waals surface area contributed by atoms with Gasteiger partial charge in [0.2, 0.25) is 17.6 Å². The highest BCUT2D eigenvalue weighted by Crippen LogP contribution is 2.34. The lowest BCUT2D eigenvalue weighted by Crippen LogP contribution is -2.26. The Kier molecular flexibility index (Phi) is 65.9. The summed E-state index contributed by atoms with van der Waals surface area (Å²) < 4.78 is 92.1. The minimum Gasteiger partial charge on any atom is -0.481 e. The normalized spacial score (nSPS) is 11.7. The number of rotatable bonds is 4. The lowest BCUT2D eigenvalue weighted by Gasteiger charge is -2.20. The third-order valence-electron chi connectivity index (χ3n) is 21.7. The number of ether oxygens (including phenoxy) is 3. The molecule has 9 nitrogen and oxygen atoms in total. The summed E-state index contributed by atoms with van der Waals surface area (Å²) in [6.45, 7) is 89.4. The molecule has 1 saturated heterocycles. The van der Waals surface area contributed by atoms with Crippen LogP contribution in [0.5, 0.6) is 17.6 Å². The van der Waals surface area contributed by atoms with Gasteiger partial charge in [0.25, 0.3) is 0 Å². The van der Waals surface area contributed by atoms with Gasteiger partial charge in [-0.1, -0.05) is 370 Å². The van der Waals surface area contributed by atoms with Crippen molar-refractivity contribution >= 4 is 11.3 Å². The van der Waals surface area contributed by atoms with Crippen molar-refractivity contribution in [3.63, 3.8) is 0 Å². The van der Waals surface area contributed by atoms with Crippen LogP contribution in [0.3, 0.4) is 0 Å². The Morgan fingerprint density at radius 3 is 0.958 bits per heavy atom. The van der Waals surface area contributed by atoms with Crippen LogP contribution >= 0.6 is 11.3 Å². The molecule has 7 heterocycles. The lowest BCUT2D eigenvalue weighted by atomic mass is 9.86. The van der Waals surface area contributed by atoms with Gasteiger partial charge in [-0.05, 0) is 269 Å². The van der Waals surface area contributed by atoms with Gasteiger partial charge in [-0.3, -0.25) is 9.97 Å². The SMILES string of the molecule is C.C.C.C.C.C.C.CC(C)(C)c1ccc(F)c(F)c1.CC(C)(C)c1ccc(F)cc1.CC(C)N1CCCC1.COc1cc(C(C)(C)C)c(F)cn1.COc1cc(C(C)(C)C)ccn1.COc1ccc(C(C)(C)C)cn1.Cc1cc(C(C)(C)C)ccc1F.Cc1cc(C(C)(C)C)ccn1.Cc1ccc(C(C)(C)C)cc1.Cc1ccc(C(C)(C)C)cn1.Cc1ccc(C(C)(C)C)s1.Cc1ccc(F)c(C(C)(C)C)c1. The van der Waals surface area contributed by atoms with Crippen molar-refractivity contribution in [2.75, 3.05) is 34.4 Å². The van der Waals surface area contributed by atoms with Gasteiger partial charge in [-0.25, -0.2) is 41.3 Å². The van der Waals surface area contributed by atoms with Crippen molar-refractivity contribution in [3.05, 3.63) is 329 Å². The zero-order chi connectivity index (χ0) is 104. The van der Waals surface area contributed by atoms with Crippen molar-refractivity contribution in [3.8, 4) is 17.6 Å². The van der Waals surface area contributed by atoms with E-state index < -0.39 is 11.6 Å². The molecular weight excluding hydrogens is 1790 g/mol. The molecule has 6 aromatic heterocycles. The molecule has 0 aliphatic carbocycles. The number of aryl methyl sites for hydroxylation is 6. The van der Waals surface area contributed by atoms with E-state index in [-0.39, 0.29) is 129 Å². The number of likely N-dealkylation sites (tertiary alicyclic amines) is 1. The first-order valence-corrected chi connectivity index (χ1v) is 48.1. The third kappa shape index (κ3) is 57.8. The predicted molar refractivity (Wildman–Crippen MR) is 614 cm³/mol. The zero-order valence-corrected chi connectivity index (χ0v) is 92.4. The summed E-state index contributed by atoms with van der Waals surface area (Å²) in [5.74, 6) is -0.440. The number of methoxy groups -OCH3 is 3. The maximum absolute atomic E-state index is 13.3. The minimum absolute atomic E-state index is 0. The van der Waals surface area contributed by atoms with Gasteiger partial charge in [-0.15, -0.1) is 11.3 Å². The molecule has 16 heteroatoms. The molecule has 0 radical (unpaired) electrons. The molecular formula is C126H202F6N6O3S. The van der Waals surface area contributed by atoms with E-state index >= 15 is 0 Å². The third-order valence-corrected chi connectivity index (χ3v) is 23.2. The van der Waals surface area contributed by atoms with Gasteiger partial charge >= 0.3 is 0 Å². The molecule has 0 atom stereocenters. The smallest absolute Gasteiger partial charge is 0.213 e. The van der Waals surface area contributed by atoms with Crippen LogP contribution in [-0.2, 0) is 59.6 Å². The van der Waals surface area contributed by atoms with Crippen molar-refractivity contribution in [1.29, 1.82) is 0 Å². The summed E-state index contributed by atoms with van der Waals surface area (Å²) >= 11 is 1.89. The maximum Gasteiger partial charge on any atom is 0.213 e. The molecule has 11 aromatic rings. The number of thiophene rings is 1. The van der Waals surface area contributed by atoms with Gasteiger partial charge in [0.15, 0.2) is 11.6 Å². The summed E-state index contributed by atoms with van der Waals surface area (Å²) in [7, 11) is 4.78. The largest absolute Gasteiger partial charge is 0.481 e. The molecule has 0 N–H and O–H groups in total. The van der Waals surface area contributed by atoms with Crippen LogP contribution in [0.15, 0.2) is 201 Å². The van der Waals surface area contributed by atoms with Crippen LogP contribution in [0.4, 0.5) is 26.3 Å². The first kappa shape index (κ1) is 145. The lowest BCUT2D eigenvalue weighted by molar-refractivity contribution is 0.276. The Balaban J connectivity index is -0.000000279. The number of pyridine rings is 5. The van der Waals surface area contributed by atoms with Gasteiger partial charge < -0.3 is 19.1 Å². The summed E-state index contributed by atoms with van der Waals surface area (Å²) in [4.78, 5) is 25.8. The van der Waals surface area contributed by atoms with Crippen molar-refractivity contribution < 1.29 is 40.6 Å². The molecule has 142 heavy (non-hydrogen) atoms. The van der Waals surface area contributed by atoms with E-state index in [1.54, 1.807) is 45.5 Å². The maximum atomic E-state index is 13.3. The summed E-state index contributed by atoms with van der Waals surface area (Å²) in [5, 5.41) is 0. The number of aromatic nitrogens is 5. The molecule has 0 saturated carbocycles. The Labute approximate surface area is 871 Å². The molecule has 5 aromatic carbocycles. The molecule has 0 unspecified atom stereocenters. The Bertz CT molecular complexity index is 5020. The summed E-state index contributed by atoms with van der Waals surface area (Å²) in [6, 6.07) is 53.1. The summed E-state index contributed by atoms with van der Waals surface area (Å²) in [5.41, 5.74) is 17.6. The van der Waals surface area contributed by atoms with Gasteiger partial charge in [0, 0.05) is 75.7 Å². The average Bonchev–Trinajstić information content (AvgIpc) is 1.11. The van der Waals surface area contributed by atoms with E-state index in [1.807, 2.05) is 168 Å². The standard InChI is InChI=1S/2C11H15F.C11H16.C10H12F2.C10H14FNO.C10H13F.2C10H15NO.2C10H15N.C9H14S.C7H15N.7CH4/c1-8-7-9(11(2,3)4)5-6-10(8)12;1-8-5-6-10(12)9(7-8)11(2,3)4;1-9-5-7-10(8-6-9)11(2,3)4;1-10(2,3)7-4-5-8(11)9(12)6-7;1-10(2,3)7-5-9(13-4)12-6-8(7)11;1-10(2,3)8-4-6-9(11)7-5-8;1-10(2,3)8-5-6-11-9(7-8)12-4;1-10(2,3)8-5-6-9(12-4)11-7-8;1-8-7-9(5-6-11-8)10(2,3)4;1-8-5-6-9(7-11-8)10(2,3)4;1-7-5-6-8(10-7)9(2,3)4;1-7(2)8-5-3-4-6-8;;;;;;;/h2*5-7H,1-4H3;5-8H,1-4H3;4-6H,1-3H3;5-6H,1-4H3;4-7H,1-3H3;2*5-7H,1-4H3;2*5-7H,1-4H3;5-6H,1-4H3;7H,3-6H2,1-2H3;7*1H4. The van der Waals surface area contributed by atoms with Crippen LogP contribution in [-0.4, -0.2) is 70.3 Å². The molecule has 802 valence electrons. The number of benzene rings is 5. The van der Waals surface area contributed by atoms with Crippen molar-refractivity contribution in [2.45, 2.75) is 414 Å². The van der Waals surface area contributed by atoms with E-state index in [1.165, 1.54) is 124 Å². The summed E-state index contributed by atoms with van der Waals surface area (Å²) in [6.07, 6.45) is 11.5. The highest BCUT2D eigenvalue weighted by Gasteiger charge is 2.24. The van der Waals surface area contributed by atoms with Crippen LogP contribution in [0.2, 0.25) is 0 Å². The van der Waals surface area contributed by atoms with E-state index in [9.17, 15) is 26.3 Å². The number of halogens is 6. The van der Waals surface area contributed by atoms with Gasteiger partial charge in [0.1, 0.15) is 23.3 Å². The zero-order valence-electron chi connectivity index (χ0n) is 91.5. The van der Waals surface area contributed by atoms with Crippen molar-refractivity contribution in [1.82, 2.24) is 29.8 Å². The molecule has 0 bridgehead atoms. The van der Waals surface area contributed by atoms with E-state index in [0.717, 1.165) is 45.7 Å². The van der Waals surface area contributed by atoms with Crippen LogP contribution in [0, 0.1) is 76.4 Å². The van der Waals surface area contributed by atoms with Gasteiger partial charge in [0.05, 0.1) is 27.5 Å². The predicted octanol–water partition coefficient (Wildman–Crippen LogP) is 38.5. The van der Waals surface area contributed by atoms with Crippen molar-refractivity contribution in [2.24, 2.45) is 0 Å². The van der Waals surface area contributed by atoms with E-state index in [4.69, 9.17) is 14.2 Å². The molecule has 0 spiro atoms. The number of hydrogen-bond donors (Lipinski definition) is 0. The highest BCUT2D eigenvalue weighted by molar-refractivity contribution is 7.12. The topological polar surface area (TPSA) is 95.4 Å². The van der Waals surface area contributed by atoms with E-state index in [0.29, 0.717) is 28.6 Å². The second-order valence-corrected chi connectivity index (χ2v) is 47.5. The Morgan fingerprint density at radius 2 is 0.627 bits per heavy atom. The fourth-order valence-corrected chi connectivity index (χ4v) is 13.3. The van der Waals surface area contributed by atoms with Crippen LogP contribution in [0.1, 0.15) is 401 Å². The van der Waals surface area contributed by atoms with Crippen LogP contribution < -0.4 is 14.2 Å². The first-order chi connectivity index (χ1) is 61.6. The second-order valence-electron chi connectivity index (χ2n) is 46.2. The first-order valence-electron chi connectivity index (χ1n) is 47.3. The number of hydrogen-bond acceptors (Lipinski definition) is 10. The number of nitrogens with zero attached hydrogens (tertiary/aromatic N) is 6. The Morgan fingerprint density at radius 1 is 0.275 bits per heavy atom. The minimum atomic E-state index is -0.789. The van der Waals surface area contributed by atoms with Gasteiger partial charge in [-0.2, -0.15) is 0 Å². The molecule has 1 aliphatic rings. The fraction of sp³-hybridized carbons (Fsp3) is 0.532. The molecule has 1 fully saturated rings.